The van der Waals surface area contributed by atoms with Crippen LogP contribution in [0.15, 0.2) is 0 Å². The van der Waals surface area contributed by atoms with Gasteiger partial charge in [0.1, 0.15) is 0 Å². The molecule has 1 N–H and O–H groups in total. The molecule has 90 valence electrons. The average Bonchev–Trinajstić information content (AvgIpc) is 2.82. The smallest absolute Gasteiger partial charge is 0.0900 e. The highest BCUT2D eigenvalue weighted by molar-refractivity contribution is 6.31. The first-order valence-corrected chi connectivity index (χ1v) is 6.02. The number of aryl methyl sites for hydroxylation is 2. The van der Waals surface area contributed by atoms with Crippen LogP contribution in [0.25, 0.3) is 0 Å². The second-order valence-corrected chi connectivity index (χ2v) is 4.72. The molecule has 0 saturated carbocycles. The van der Waals surface area contributed by atoms with Crippen LogP contribution in [0.5, 0.6) is 0 Å². The quantitative estimate of drug-likeness (QED) is 0.871. The van der Waals surface area contributed by atoms with Gasteiger partial charge in [-0.15, -0.1) is 0 Å². The SMILES string of the molecule is Cc1nn(C)c(COCC2CCNC2)c1Cl. The zero-order valence-corrected chi connectivity index (χ0v) is 10.5. The summed E-state index contributed by atoms with van der Waals surface area (Å²) in [4.78, 5) is 0. The Bertz CT molecular complexity index is 358. The van der Waals surface area contributed by atoms with Crippen molar-refractivity contribution >= 4 is 11.6 Å². The van der Waals surface area contributed by atoms with Gasteiger partial charge in [0, 0.05) is 13.6 Å². The maximum Gasteiger partial charge on any atom is 0.0900 e. The van der Waals surface area contributed by atoms with E-state index in [1.54, 1.807) is 4.68 Å². The highest BCUT2D eigenvalue weighted by Crippen LogP contribution is 2.20. The monoisotopic (exact) mass is 243 g/mol. The Balaban J connectivity index is 1.84. The third kappa shape index (κ3) is 2.56. The van der Waals surface area contributed by atoms with Crippen molar-refractivity contribution in [3.63, 3.8) is 0 Å². The van der Waals surface area contributed by atoms with Crippen LogP contribution in [0, 0.1) is 12.8 Å². The lowest BCUT2D eigenvalue weighted by molar-refractivity contribution is 0.0882. The molecule has 2 rings (SSSR count). The van der Waals surface area contributed by atoms with Crippen LogP contribution in [0.4, 0.5) is 0 Å². The van der Waals surface area contributed by atoms with Gasteiger partial charge in [0.05, 0.1) is 29.6 Å². The van der Waals surface area contributed by atoms with Gasteiger partial charge >= 0.3 is 0 Å². The van der Waals surface area contributed by atoms with E-state index in [0.29, 0.717) is 12.5 Å². The van der Waals surface area contributed by atoms with Crippen molar-refractivity contribution in [2.75, 3.05) is 19.7 Å². The number of nitrogens with zero attached hydrogens (tertiary/aromatic N) is 2. The zero-order chi connectivity index (χ0) is 11.5. The Hall–Kier alpha value is -0.580. The van der Waals surface area contributed by atoms with E-state index >= 15 is 0 Å². The summed E-state index contributed by atoms with van der Waals surface area (Å²) >= 11 is 6.13. The Morgan fingerprint density at radius 1 is 1.62 bits per heavy atom. The number of rotatable bonds is 4. The first-order chi connectivity index (χ1) is 7.68. The zero-order valence-electron chi connectivity index (χ0n) is 9.79. The molecular formula is C11H18ClN3O. The molecule has 0 aliphatic carbocycles. The molecule has 0 spiro atoms. The van der Waals surface area contributed by atoms with Gasteiger partial charge in [-0.2, -0.15) is 5.10 Å². The van der Waals surface area contributed by atoms with E-state index in [9.17, 15) is 0 Å². The molecule has 1 unspecified atom stereocenters. The number of nitrogens with one attached hydrogen (secondary N) is 1. The first kappa shape index (κ1) is 11.9. The van der Waals surface area contributed by atoms with Crippen LogP contribution in [0.3, 0.4) is 0 Å². The summed E-state index contributed by atoms with van der Waals surface area (Å²) in [6.07, 6.45) is 1.21. The van der Waals surface area contributed by atoms with Gasteiger partial charge in [-0.3, -0.25) is 4.68 Å². The minimum absolute atomic E-state index is 0.548. The molecular weight excluding hydrogens is 226 g/mol. The number of hydrogen-bond donors (Lipinski definition) is 1. The van der Waals surface area contributed by atoms with Crippen LogP contribution in [-0.2, 0) is 18.4 Å². The molecule has 5 heteroatoms. The molecule has 1 aromatic rings. The van der Waals surface area contributed by atoms with Crippen LogP contribution >= 0.6 is 11.6 Å². The van der Waals surface area contributed by atoms with E-state index in [4.69, 9.17) is 16.3 Å². The van der Waals surface area contributed by atoms with Gasteiger partial charge in [0.15, 0.2) is 0 Å². The largest absolute Gasteiger partial charge is 0.375 e. The molecule has 1 fully saturated rings. The summed E-state index contributed by atoms with van der Waals surface area (Å²) in [6.45, 7) is 5.44. The average molecular weight is 244 g/mol. The molecule has 0 amide bonds. The molecule has 1 saturated heterocycles. The van der Waals surface area contributed by atoms with Crippen LogP contribution in [0.1, 0.15) is 17.8 Å². The standard InChI is InChI=1S/C11H18ClN3O/c1-8-11(12)10(15(2)14-8)7-16-6-9-3-4-13-5-9/h9,13H,3-7H2,1-2H3. The Labute approximate surface area is 101 Å². The molecule has 1 aliphatic rings. The van der Waals surface area contributed by atoms with Gasteiger partial charge in [-0.1, -0.05) is 11.6 Å². The fourth-order valence-corrected chi connectivity index (χ4v) is 2.23. The number of hydrogen-bond acceptors (Lipinski definition) is 3. The van der Waals surface area contributed by atoms with E-state index in [1.807, 2.05) is 14.0 Å². The molecule has 4 nitrogen and oxygen atoms in total. The second-order valence-electron chi connectivity index (χ2n) is 4.34. The Kier molecular flexibility index (Phi) is 3.84. The maximum atomic E-state index is 6.13. The predicted octanol–water partition coefficient (Wildman–Crippen LogP) is 1.51. The lowest BCUT2D eigenvalue weighted by atomic mass is 10.1. The Morgan fingerprint density at radius 3 is 3.00 bits per heavy atom. The summed E-state index contributed by atoms with van der Waals surface area (Å²) in [6, 6.07) is 0. The first-order valence-electron chi connectivity index (χ1n) is 5.65. The van der Waals surface area contributed by atoms with Gasteiger partial charge in [-0.05, 0) is 25.8 Å². The molecule has 1 atom stereocenters. The van der Waals surface area contributed by atoms with Crippen molar-refractivity contribution in [1.82, 2.24) is 15.1 Å². The van der Waals surface area contributed by atoms with Gasteiger partial charge in [-0.25, -0.2) is 0 Å². The molecule has 0 radical (unpaired) electrons. The summed E-state index contributed by atoms with van der Waals surface area (Å²) in [5, 5.41) is 8.31. The van der Waals surface area contributed by atoms with E-state index in [-0.39, 0.29) is 0 Å². The van der Waals surface area contributed by atoms with Gasteiger partial charge in [0.2, 0.25) is 0 Å². The molecule has 1 aromatic heterocycles. The van der Waals surface area contributed by atoms with Crippen LogP contribution in [0.2, 0.25) is 5.02 Å². The highest BCUT2D eigenvalue weighted by atomic mass is 35.5. The fourth-order valence-electron chi connectivity index (χ4n) is 2.02. The lowest BCUT2D eigenvalue weighted by Gasteiger charge is -2.09. The van der Waals surface area contributed by atoms with E-state index in [2.05, 4.69) is 10.4 Å². The summed E-state index contributed by atoms with van der Waals surface area (Å²) in [5.74, 6) is 0.646. The summed E-state index contributed by atoms with van der Waals surface area (Å²) in [5.41, 5.74) is 1.83. The third-order valence-electron chi connectivity index (χ3n) is 3.02. The molecule has 2 heterocycles. The fraction of sp³-hybridized carbons (Fsp3) is 0.727. The van der Waals surface area contributed by atoms with Crippen LogP contribution < -0.4 is 5.32 Å². The summed E-state index contributed by atoms with van der Waals surface area (Å²) < 4.78 is 7.49. The Morgan fingerprint density at radius 2 is 2.44 bits per heavy atom. The number of ether oxygens (including phenoxy) is 1. The number of aromatic nitrogens is 2. The van der Waals surface area contributed by atoms with Gasteiger partial charge in [0.25, 0.3) is 0 Å². The topological polar surface area (TPSA) is 39.1 Å². The minimum Gasteiger partial charge on any atom is -0.375 e. The van der Waals surface area contributed by atoms with Gasteiger partial charge < -0.3 is 10.1 Å². The van der Waals surface area contributed by atoms with Crippen LogP contribution in [-0.4, -0.2) is 29.5 Å². The summed E-state index contributed by atoms with van der Waals surface area (Å²) in [7, 11) is 1.90. The second kappa shape index (κ2) is 5.17. The molecule has 16 heavy (non-hydrogen) atoms. The predicted molar refractivity (Wildman–Crippen MR) is 63.6 cm³/mol. The normalized spacial score (nSPS) is 20.6. The van der Waals surface area contributed by atoms with Crippen molar-refractivity contribution in [3.05, 3.63) is 16.4 Å². The third-order valence-corrected chi connectivity index (χ3v) is 3.51. The highest BCUT2D eigenvalue weighted by Gasteiger charge is 2.16. The lowest BCUT2D eigenvalue weighted by Crippen LogP contribution is -2.14. The van der Waals surface area contributed by atoms with E-state index in [0.717, 1.165) is 36.1 Å². The van der Waals surface area contributed by atoms with Crippen molar-refractivity contribution < 1.29 is 4.74 Å². The van der Waals surface area contributed by atoms with E-state index in [1.165, 1.54) is 6.42 Å². The molecule has 1 aliphatic heterocycles. The maximum absolute atomic E-state index is 6.13. The van der Waals surface area contributed by atoms with Crippen molar-refractivity contribution in [1.29, 1.82) is 0 Å². The van der Waals surface area contributed by atoms with Crippen molar-refractivity contribution in [2.24, 2.45) is 13.0 Å². The molecule has 0 bridgehead atoms. The minimum atomic E-state index is 0.548. The van der Waals surface area contributed by atoms with E-state index < -0.39 is 0 Å². The van der Waals surface area contributed by atoms with Crippen molar-refractivity contribution in [2.45, 2.75) is 20.0 Å². The van der Waals surface area contributed by atoms with Crippen molar-refractivity contribution in [3.8, 4) is 0 Å². The number of halogens is 1. The molecule has 0 aromatic carbocycles.